The lowest BCUT2D eigenvalue weighted by Gasteiger charge is -2.46. The minimum absolute atomic E-state index is 0.0731. The molecule has 14 heteroatoms. The molecule has 2 N–H and O–H groups in total. The van der Waals surface area contributed by atoms with Crippen LogP contribution in [-0.2, 0) is 38.8 Å². The van der Waals surface area contributed by atoms with Crippen LogP contribution in [-0.4, -0.2) is 50.2 Å². The normalized spacial score (nSPS) is 20.3. The first kappa shape index (κ1) is 39.5. The van der Waals surface area contributed by atoms with Crippen molar-refractivity contribution in [3.05, 3.63) is 166 Å². The number of halogens is 5. The average molecular weight is 940 g/mol. The summed E-state index contributed by atoms with van der Waals surface area (Å²) in [6.45, 7) is 0.430. The number of aromatic amines is 1. The Morgan fingerprint density at radius 3 is 1.67 bits per heavy atom. The van der Waals surface area contributed by atoms with E-state index in [0.29, 0.717) is 4.43 Å². The molecular formula is C47H34F4IN3O6. The lowest BCUT2D eigenvalue weighted by Crippen LogP contribution is -2.58. The van der Waals surface area contributed by atoms with E-state index in [1.165, 1.54) is 0 Å². The maximum Gasteiger partial charge on any atom is 0.259 e. The van der Waals surface area contributed by atoms with Crippen molar-refractivity contribution in [1.82, 2.24) is 14.9 Å². The molecule has 6 aromatic carbocycles. The van der Waals surface area contributed by atoms with Crippen LogP contribution >= 0.6 is 22.6 Å². The second-order valence-electron chi connectivity index (χ2n) is 15.1. The van der Waals surface area contributed by atoms with E-state index in [1.807, 2.05) is 91.0 Å². The molecule has 4 heterocycles. The van der Waals surface area contributed by atoms with Gasteiger partial charge in [0.15, 0.2) is 29.5 Å². The van der Waals surface area contributed by atoms with E-state index >= 15 is 13.2 Å². The van der Waals surface area contributed by atoms with E-state index < -0.39 is 65.7 Å². The summed E-state index contributed by atoms with van der Waals surface area (Å²) in [5, 5.41) is 2.77. The second-order valence-corrected chi connectivity index (χ2v) is 16.0. The molecule has 0 radical (unpaired) electrons. The smallest absolute Gasteiger partial charge is 0.259 e. The number of fused-ring (bicyclic) bond motifs is 10. The van der Waals surface area contributed by atoms with E-state index in [2.05, 4.69) is 32.9 Å². The number of ether oxygens (including phenoxy) is 4. The van der Waals surface area contributed by atoms with Crippen LogP contribution in [0.5, 0.6) is 0 Å². The summed E-state index contributed by atoms with van der Waals surface area (Å²) in [6.07, 6.45) is -4.54. The number of benzene rings is 6. The van der Waals surface area contributed by atoms with Gasteiger partial charge in [0.25, 0.3) is 11.8 Å². The van der Waals surface area contributed by atoms with Gasteiger partial charge < -0.3 is 28.5 Å². The number of amides is 2. The fraction of sp³-hybridized carbons (Fsp3) is 0.191. The lowest BCUT2D eigenvalue weighted by atomic mass is 9.96. The average Bonchev–Trinajstić information content (AvgIpc) is 3.89. The van der Waals surface area contributed by atoms with Gasteiger partial charge in [-0.25, -0.2) is 17.6 Å². The number of alkyl halides is 1. The van der Waals surface area contributed by atoms with Gasteiger partial charge in [0.1, 0.15) is 18.3 Å². The first-order valence-electron chi connectivity index (χ1n) is 19.5. The third kappa shape index (κ3) is 6.86. The van der Waals surface area contributed by atoms with Crippen LogP contribution in [0.1, 0.15) is 43.6 Å². The SMILES string of the molecule is O=C1NC(=O)c2c1c1c3cc(F)c(F)cc3[nH]c1c1c2c2cc(F)c(F)cc2n1C1OC(CI)C(OCc2ccccc2)C(OCc2ccccc2)C1OCc1ccccc1. The number of hydrogen-bond acceptors (Lipinski definition) is 6. The first-order valence-corrected chi connectivity index (χ1v) is 21.1. The van der Waals surface area contributed by atoms with Crippen LogP contribution in [0.25, 0.3) is 43.6 Å². The molecule has 8 aromatic rings. The molecular weight excluding hydrogens is 905 g/mol. The molecule has 1 saturated heterocycles. The lowest BCUT2D eigenvalue weighted by molar-refractivity contribution is -0.276. The highest BCUT2D eigenvalue weighted by Crippen LogP contribution is 2.48. The van der Waals surface area contributed by atoms with Crippen LogP contribution in [0, 0.1) is 23.3 Å². The van der Waals surface area contributed by atoms with Gasteiger partial charge in [0.05, 0.1) is 53.6 Å². The summed E-state index contributed by atoms with van der Waals surface area (Å²) in [7, 11) is 0. The van der Waals surface area contributed by atoms with Crippen LogP contribution in [0.3, 0.4) is 0 Å². The minimum Gasteiger partial charge on any atom is -0.368 e. The number of rotatable bonds is 11. The molecule has 0 saturated carbocycles. The van der Waals surface area contributed by atoms with Crippen LogP contribution in [0.15, 0.2) is 115 Å². The Bertz CT molecular complexity index is 3000. The largest absolute Gasteiger partial charge is 0.368 e. The number of H-pyrrole nitrogens is 1. The maximum atomic E-state index is 15.7. The number of hydrogen-bond donors (Lipinski definition) is 2. The Balaban J connectivity index is 1.25. The summed E-state index contributed by atoms with van der Waals surface area (Å²) in [5.41, 5.74) is 2.96. The van der Waals surface area contributed by atoms with Crippen molar-refractivity contribution in [2.24, 2.45) is 0 Å². The highest BCUT2D eigenvalue weighted by Gasteiger charge is 2.50. The molecule has 9 nitrogen and oxygen atoms in total. The molecule has 0 spiro atoms. The molecule has 5 atom stereocenters. The molecule has 0 bridgehead atoms. The Morgan fingerprint density at radius 1 is 0.607 bits per heavy atom. The highest BCUT2D eigenvalue weighted by atomic mass is 127. The number of imide groups is 1. The van der Waals surface area contributed by atoms with Crippen molar-refractivity contribution in [2.75, 3.05) is 4.43 Å². The van der Waals surface area contributed by atoms with Crippen molar-refractivity contribution < 1.29 is 46.1 Å². The molecule has 0 aliphatic carbocycles. The third-order valence-corrected chi connectivity index (χ3v) is 12.3. The number of nitrogens with zero attached hydrogens (tertiary/aromatic N) is 1. The predicted octanol–water partition coefficient (Wildman–Crippen LogP) is 9.96. The van der Waals surface area contributed by atoms with Crippen LogP contribution in [0.2, 0.25) is 0 Å². The summed E-state index contributed by atoms with van der Waals surface area (Å²) in [4.78, 5) is 30.7. The Hall–Kier alpha value is -5.65. The molecule has 2 aromatic heterocycles. The summed E-state index contributed by atoms with van der Waals surface area (Å²) in [6, 6.07) is 32.6. The van der Waals surface area contributed by atoms with Gasteiger partial charge >= 0.3 is 0 Å². The van der Waals surface area contributed by atoms with Gasteiger partial charge in [-0.1, -0.05) is 114 Å². The van der Waals surface area contributed by atoms with Gasteiger partial charge in [-0.3, -0.25) is 14.9 Å². The Morgan fingerprint density at radius 2 is 1.10 bits per heavy atom. The highest BCUT2D eigenvalue weighted by molar-refractivity contribution is 14.1. The van der Waals surface area contributed by atoms with Crippen LogP contribution in [0.4, 0.5) is 17.6 Å². The van der Waals surface area contributed by atoms with Gasteiger partial charge in [0, 0.05) is 43.6 Å². The quantitative estimate of drug-likeness (QED) is 0.0580. The zero-order valence-corrected chi connectivity index (χ0v) is 34.1. The molecule has 5 unspecified atom stereocenters. The fourth-order valence-corrected chi connectivity index (χ4v) is 9.43. The summed E-state index contributed by atoms with van der Waals surface area (Å²) in [5.74, 6) is -6.28. The molecule has 1 fully saturated rings. The van der Waals surface area contributed by atoms with E-state index in [-0.39, 0.29) is 74.6 Å². The summed E-state index contributed by atoms with van der Waals surface area (Å²) < 4.78 is 90.7. The van der Waals surface area contributed by atoms with Crippen LogP contribution < -0.4 is 5.32 Å². The molecule has 2 aliphatic rings. The Labute approximate surface area is 358 Å². The number of aromatic nitrogens is 2. The molecule has 308 valence electrons. The van der Waals surface area contributed by atoms with Crippen molar-refractivity contribution in [3.8, 4) is 0 Å². The van der Waals surface area contributed by atoms with Gasteiger partial charge in [-0.2, -0.15) is 0 Å². The summed E-state index contributed by atoms with van der Waals surface area (Å²) >= 11 is 2.21. The number of carbonyl (C=O) groups is 2. The second kappa shape index (κ2) is 16.0. The standard InChI is InChI=1S/C47H34F4IN3O6/c48-29-16-27-33(18-31(29)50)53-40-36(27)38-39(46(57)54-45(38)56)37-28-17-30(49)32(51)19-34(28)55(41(37)40)47-44(60-23-26-14-8-3-9-15-26)43(59-22-25-12-6-2-7-13-25)42(35(20-52)61-47)58-21-24-10-4-1-5-11-24/h1-19,35,42-44,47,53H,20-23H2,(H,54,56,57). The fourth-order valence-electron chi connectivity index (χ4n) is 8.72. The van der Waals surface area contributed by atoms with Crippen molar-refractivity contribution in [2.45, 2.75) is 50.5 Å². The maximum absolute atomic E-state index is 15.7. The van der Waals surface area contributed by atoms with Gasteiger partial charge in [-0.15, -0.1) is 0 Å². The molecule has 61 heavy (non-hydrogen) atoms. The number of nitrogens with one attached hydrogen (secondary N) is 2. The van der Waals surface area contributed by atoms with Crippen molar-refractivity contribution in [1.29, 1.82) is 0 Å². The Kier molecular flexibility index (Phi) is 10.4. The zero-order valence-electron chi connectivity index (χ0n) is 32.0. The van der Waals surface area contributed by atoms with Crippen molar-refractivity contribution >= 4 is 78.0 Å². The predicted molar refractivity (Wildman–Crippen MR) is 228 cm³/mol. The number of carbonyl (C=O) groups excluding carboxylic acids is 2. The zero-order chi connectivity index (χ0) is 41.9. The first-order chi connectivity index (χ1) is 29.7. The molecule has 2 aliphatic heterocycles. The monoisotopic (exact) mass is 939 g/mol. The van der Waals surface area contributed by atoms with Gasteiger partial charge in [0.2, 0.25) is 0 Å². The van der Waals surface area contributed by atoms with Gasteiger partial charge in [-0.05, 0) is 28.8 Å². The van der Waals surface area contributed by atoms with E-state index in [9.17, 15) is 14.0 Å². The third-order valence-electron chi connectivity index (χ3n) is 11.4. The van der Waals surface area contributed by atoms with E-state index in [4.69, 9.17) is 18.9 Å². The molecule has 10 rings (SSSR count). The topological polar surface area (TPSA) is 104 Å². The van der Waals surface area contributed by atoms with Crippen molar-refractivity contribution in [3.63, 3.8) is 0 Å². The van der Waals surface area contributed by atoms with E-state index in [0.717, 1.165) is 41.0 Å². The van der Waals surface area contributed by atoms with E-state index in [1.54, 1.807) is 4.57 Å². The minimum atomic E-state index is -1.20. The molecule has 2 amide bonds.